The molecule has 1 atom stereocenters. The van der Waals surface area contributed by atoms with Crippen molar-refractivity contribution in [1.29, 1.82) is 0 Å². The third-order valence-electron chi connectivity index (χ3n) is 4.30. The number of ether oxygens (including phenoxy) is 1. The third kappa shape index (κ3) is 3.29. The van der Waals surface area contributed by atoms with E-state index in [0.717, 1.165) is 23.0 Å². The second-order valence-corrected chi connectivity index (χ2v) is 7.25. The molecule has 0 fully saturated rings. The Kier molecular flexibility index (Phi) is 5.14. The molecule has 1 aliphatic carbocycles. The van der Waals surface area contributed by atoms with Gasteiger partial charge in [0, 0.05) is 29.3 Å². The van der Waals surface area contributed by atoms with E-state index in [1.54, 1.807) is 24.9 Å². The second-order valence-electron chi connectivity index (χ2n) is 5.86. The summed E-state index contributed by atoms with van der Waals surface area (Å²) in [6.07, 6.45) is 2.68. The highest BCUT2D eigenvalue weighted by Crippen LogP contribution is 2.35. The van der Waals surface area contributed by atoms with Crippen molar-refractivity contribution in [3.8, 4) is 0 Å². The molecule has 2 heterocycles. The lowest BCUT2D eigenvalue weighted by molar-refractivity contribution is 0.0523. The number of fused-ring (bicyclic) bond motifs is 1. The summed E-state index contributed by atoms with van der Waals surface area (Å²) in [4.78, 5) is 27.9. The van der Waals surface area contributed by atoms with Crippen LogP contribution in [-0.4, -0.2) is 34.8 Å². The maximum Gasteiger partial charge on any atom is 0.355 e. The second kappa shape index (κ2) is 7.30. The molecule has 128 valence electrons. The molecule has 3 rings (SSSR count). The molecule has 1 aliphatic rings. The summed E-state index contributed by atoms with van der Waals surface area (Å²) in [5.74, 6) is 2.26. The van der Waals surface area contributed by atoms with Crippen LogP contribution in [0.1, 0.15) is 57.1 Å². The van der Waals surface area contributed by atoms with Gasteiger partial charge in [-0.2, -0.15) is 11.8 Å². The molecular formula is C18H21NO4S. The first-order chi connectivity index (χ1) is 11.6. The molecule has 0 radical (unpaired) electrons. The molecule has 0 spiro atoms. The molecule has 0 aromatic carbocycles. The monoisotopic (exact) mass is 347 g/mol. The van der Waals surface area contributed by atoms with Crippen molar-refractivity contribution >= 4 is 23.5 Å². The predicted octanol–water partition coefficient (Wildman–Crippen LogP) is 3.74. The van der Waals surface area contributed by atoms with Crippen LogP contribution in [0.15, 0.2) is 22.8 Å². The highest BCUT2D eigenvalue weighted by molar-refractivity contribution is 7.99. The zero-order valence-electron chi connectivity index (χ0n) is 13.9. The lowest BCUT2D eigenvalue weighted by Crippen LogP contribution is -2.18. The molecule has 24 heavy (non-hydrogen) atoms. The maximum atomic E-state index is 12.5. The fourth-order valence-corrected chi connectivity index (χ4v) is 3.66. The van der Waals surface area contributed by atoms with Crippen LogP contribution in [0, 0.1) is 6.92 Å². The van der Waals surface area contributed by atoms with Crippen molar-refractivity contribution in [2.75, 3.05) is 18.1 Å². The van der Waals surface area contributed by atoms with Crippen molar-refractivity contribution in [1.82, 2.24) is 4.98 Å². The highest BCUT2D eigenvalue weighted by atomic mass is 32.2. The van der Waals surface area contributed by atoms with Gasteiger partial charge in [-0.15, -0.1) is 0 Å². The largest absolute Gasteiger partial charge is 0.469 e. The summed E-state index contributed by atoms with van der Waals surface area (Å²) >= 11 is 1.72. The first-order valence-corrected chi connectivity index (χ1v) is 9.30. The van der Waals surface area contributed by atoms with Gasteiger partial charge in [-0.05, 0) is 36.8 Å². The van der Waals surface area contributed by atoms with Gasteiger partial charge in [-0.1, -0.05) is 6.92 Å². The number of nitrogens with one attached hydrogen (secondary N) is 1. The summed E-state index contributed by atoms with van der Waals surface area (Å²) in [6.45, 7) is 4.25. The van der Waals surface area contributed by atoms with Gasteiger partial charge in [0.25, 0.3) is 0 Å². The molecule has 2 aromatic heterocycles. The summed E-state index contributed by atoms with van der Waals surface area (Å²) < 4.78 is 10.7. The van der Waals surface area contributed by atoms with Crippen molar-refractivity contribution in [3.63, 3.8) is 0 Å². The highest BCUT2D eigenvalue weighted by Gasteiger charge is 2.33. The Bertz CT molecular complexity index is 733. The molecule has 0 saturated carbocycles. The molecule has 0 aliphatic heterocycles. The molecule has 1 unspecified atom stereocenters. The van der Waals surface area contributed by atoms with Crippen molar-refractivity contribution in [2.24, 2.45) is 0 Å². The average Bonchev–Trinajstić information content (AvgIpc) is 3.20. The Balaban J connectivity index is 1.77. The van der Waals surface area contributed by atoms with E-state index in [4.69, 9.17) is 9.15 Å². The van der Waals surface area contributed by atoms with Gasteiger partial charge in [0.05, 0.1) is 6.26 Å². The topological polar surface area (TPSA) is 72.3 Å². The maximum absolute atomic E-state index is 12.5. The van der Waals surface area contributed by atoms with E-state index in [-0.39, 0.29) is 17.7 Å². The van der Waals surface area contributed by atoms with Crippen molar-refractivity contribution in [3.05, 3.63) is 46.7 Å². The number of ketones is 1. The number of hydrogen-bond acceptors (Lipinski definition) is 5. The van der Waals surface area contributed by atoms with Gasteiger partial charge >= 0.3 is 5.97 Å². The van der Waals surface area contributed by atoms with Gasteiger partial charge in [-0.25, -0.2) is 4.79 Å². The van der Waals surface area contributed by atoms with Gasteiger partial charge < -0.3 is 14.1 Å². The molecule has 0 saturated heterocycles. The zero-order chi connectivity index (χ0) is 17.1. The van der Waals surface area contributed by atoms with E-state index in [1.807, 2.05) is 12.1 Å². The number of H-pyrrole nitrogens is 1. The van der Waals surface area contributed by atoms with Crippen LogP contribution in [0.5, 0.6) is 0 Å². The normalized spacial score (nSPS) is 16.9. The number of aromatic amines is 1. The minimum Gasteiger partial charge on any atom is -0.469 e. The van der Waals surface area contributed by atoms with E-state index in [9.17, 15) is 9.59 Å². The van der Waals surface area contributed by atoms with E-state index in [0.29, 0.717) is 36.3 Å². The molecule has 0 amide bonds. The number of carbonyl (C=O) groups excluding carboxylic acids is 2. The minimum absolute atomic E-state index is 0.0166. The number of thioether (sulfide) groups is 1. The zero-order valence-corrected chi connectivity index (χ0v) is 14.7. The number of hydrogen-bond donors (Lipinski definition) is 1. The number of furan rings is 1. The first-order valence-electron chi connectivity index (χ1n) is 8.14. The van der Waals surface area contributed by atoms with Crippen LogP contribution in [0.3, 0.4) is 0 Å². The Morgan fingerprint density at radius 1 is 1.46 bits per heavy atom. The Morgan fingerprint density at radius 2 is 2.29 bits per heavy atom. The SMILES string of the molecule is CCSCCOC(=O)c1[nH]c2c(c1C)C(=O)CC(c1ccco1)C2. The van der Waals surface area contributed by atoms with Crippen LogP contribution in [-0.2, 0) is 11.2 Å². The Morgan fingerprint density at radius 3 is 3.00 bits per heavy atom. The average molecular weight is 347 g/mol. The summed E-state index contributed by atoms with van der Waals surface area (Å²) in [6, 6.07) is 3.71. The third-order valence-corrected chi connectivity index (χ3v) is 5.17. The number of esters is 1. The standard InChI is InChI=1S/C18H21NO4S/c1-3-24-8-7-23-18(21)17-11(2)16-13(19-17)9-12(10-14(16)20)15-5-4-6-22-15/h4-6,12,19H,3,7-10H2,1-2H3. The molecule has 5 nitrogen and oxygen atoms in total. The number of rotatable bonds is 6. The van der Waals surface area contributed by atoms with E-state index >= 15 is 0 Å². The fourth-order valence-electron chi connectivity index (χ4n) is 3.17. The summed E-state index contributed by atoms with van der Waals surface area (Å²) in [5, 5.41) is 0. The molecule has 1 N–H and O–H groups in total. The van der Waals surface area contributed by atoms with Gasteiger partial charge in [0.2, 0.25) is 0 Å². The summed E-state index contributed by atoms with van der Waals surface area (Å²) in [7, 11) is 0. The van der Waals surface area contributed by atoms with Crippen LogP contribution in [0.25, 0.3) is 0 Å². The first kappa shape index (κ1) is 16.9. The minimum atomic E-state index is -0.388. The Hall–Kier alpha value is -1.95. The smallest absolute Gasteiger partial charge is 0.355 e. The van der Waals surface area contributed by atoms with Gasteiger partial charge in [-0.3, -0.25) is 4.79 Å². The van der Waals surface area contributed by atoms with Crippen LogP contribution >= 0.6 is 11.8 Å². The Labute approximate surface area is 145 Å². The van der Waals surface area contributed by atoms with Crippen LogP contribution in [0.2, 0.25) is 0 Å². The fraction of sp³-hybridized carbons (Fsp3) is 0.444. The summed E-state index contributed by atoms with van der Waals surface area (Å²) in [5.41, 5.74) is 2.55. The lowest BCUT2D eigenvalue weighted by atomic mass is 9.84. The molecule has 6 heteroatoms. The van der Waals surface area contributed by atoms with Gasteiger partial charge in [0.15, 0.2) is 5.78 Å². The number of aromatic nitrogens is 1. The quantitative estimate of drug-likeness (QED) is 0.636. The molecule has 2 aromatic rings. The van der Waals surface area contributed by atoms with Crippen LogP contribution < -0.4 is 0 Å². The number of carbonyl (C=O) groups is 2. The molecular weight excluding hydrogens is 326 g/mol. The van der Waals surface area contributed by atoms with E-state index in [2.05, 4.69) is 11.9 Å². The lowest BCUT2D eigenvalue weighted by Gasteiger charge is -2.19. The van der Waals surface area contributed by atoms with Crippen molar-refractivity contribution < 1.29 is 18.7 Å². The molecule has 0 bridgehead atoms. The van der Waals surface area contributed by atoms with E-state index in [1.165, 1.54) is 0 Å². The predicted molar refractivity (Wildman–Crippen MR) is 92.9 cm³/mol. The van der Waals surface area contributed by atoms with Crippen LogP contribution in [0.4, 0.5) is 0 Å². The number of Topliss-reactive ketones (excluding diaryl/α,β-unsaturated/α-hetero) is 1. The van der Waals surface area contributed by atoms with Gasteiger partial charge in [0.1, 0.15) is 18.1 Å². The van der Waals surface area contributed by atoms with E-state index < -0.39 is 0 Å². The van der Waals surface area contributed by atoms with Crippen molar-refractivity contribution in [2.45, 2.75) is 32.6 Å².